The zero-order valence-corrected chi connectivity index (χ0v) is 14.5. The van der Waals surface area contributed by atoms with Gasteiger partial charge in [-0.05, 0) is 47.9 Å². The van der Waals surface area contributed by atoms with Gasteiger partial charge in [-0.25, -0.2) is 0 Å². The molecule has 0 saturated carbocycles. The second-order valence-electron chi connectivity index (χ2n) is 6.04. The van der Waals surface area contributed by atoms with Crippen molar-refractivity contribution in [2.45, 2.75) is 6.92 Å². The Morgan fingerprint density at radius 3 is 2.62 bits per heavy atom. The van der Waals surface area contributed by atoms with Crippen LogP contribution in [-0.4, -0.2) is 29.1 Å². The molecule has 0 amide bonds. The molecule has 0 bridgehead atoms. The Kier molecular flexibility index (Phi) is 3.97. The first-order valence-corrected chi connectivity index (χ1v) is 8.22. The van der Waals surface area contributed by atoms with Gasteiger partial charge in [0.1, 0.15) is 5.71 Å². The van der Waals surface area contributed by atoms with Crippen molar-refractivity contribution in [3.63, 3.8) is 0 Å². The highest BCUT2D eigenvalue weighted by Gasteiger charge is 2.25. The van der Waals surface area contributed by atoms with Gasteiger partial charge < -0.3 is 9.84 Å². The van der Waals surface area contributed by atoms with E-state index in [0.717, 1.165) is 39.2 Å². The molecule has 1 aromatic heterocycles. The van der Waals surface area contributed by atoms with Crippen LogP contribution < -0.4 is 4.74 Å². The Labute approximate surface area is 151 Å². The number of aromatic hydroxyl groups is 1. The monoisotopic (exact) mass is 343 g/mol. The number of rotatable bonds is 3. The lowest BCUT2D eigenvalue weighted by atomic mass is 10.1. The number of ether oxygens (including phenoxy) is 1. The molecule has 26 heavy (non-hydrogen) atoms. The van der Waals surface area contributed by atoms with Gasteiger partial charge in [0, 0.05) is 23.0 Å². The average molecular weight is 343 g/mol. The summed E-state index contributed by atoms with van der Waals surface area (Å²) >= 11 is 0. The maximum atomic E-state index is 9.67. The third-order valence-electron chi connectivity index (χ3n) is 4.34. The molecule has 0 aliphatic heterocycles. The van der Waals surface area contributed by atoms with Gasteiger partial charge in [-0.15, -0.1) is 5.10 Å². The highest BCUT2D eigenvalue weighted by Crippen LogP contribution is 2.36. The SMILES string of the molecule is COc1cc(C=NN=C2c3ccccc3-c3cc(C)ncc32)ccc1O. The quantitative estimate of drug-likeness (QED) is 0.452. The number of nitrogens with zero attached hydrogens (tertiary/aromatic N) is 3. The van der Waals surface area contributed by atoms with Gasteiger partial charge in [-0.3, -0.25) is 4.98 Å². The molecular formula is C21H17N3O2. The van der Waals surface area contributed by atoms with Gasteiger partial charge >= 0.3 is 0 Å². The van der Waals surface area contributed by atoms with Gasteiger partial charge in [0.15, 0.2) is 11.5 Å². The lowest BCUT2D eigenvalue weighted by Crippen LogP contribution is -1.98. The van der Waals surface area contributed by atoms with Crippen LogP contribution in [0.5, 0.6) is 11.5 Å². The Morgan fingerprint density at radius 2 is 1.81 bits per heavy atom. The molecular weight excluding hydrogens is 326 g/mol. The normalized spacial score (nSPS) is 13.8. The second kappa shape index (κ2) is 6.44. The number of aromatic nitrogens is 1. The molecule has 2 aromatic carbocycles. The molecule has 0 spiro atoms. The molecule has 0 fully saturated rings. The number of phenols is 1. The van der Waals surface area contributed by atoms with Gasteiger partial charge in [0.25, 0.3) is 0 Å². The number of hydrogen-bond donors (Lipinski definition) is 1. The van der Waals surface area contributed by atoms with Crippen LogP contribution in [0.25, 0.3) is 11.1 Å². The predicted molar refractivity (Wildman–Crippen MR) is 102 cm³/mol. The number of fused-ring (bicyclic) bond motifs is 3. The van der Waals surface area contributed by atoms with Gasteiger partial charge in [-0.2, -0.15) is 5.10 Å². The van der Waals surface area contributed by atoms with E-state index < -0.39 is 0 Å². The van der Waals surface area contributed by atoms with Crippen LogP contribution in [0.15, 0.2) is 64.9 Å². The molecule has 0 radical (unpaired) electrons. The molecule has 0 saturated heterocycles. The minimum absolute atomic E-state index is 0.0936. The molecule has 3 aromatic rings. The number of phenolic OH excluding ortho intramolecular Hbond substituents is 1. The number of hydrogen-bond acceptors (Lipinski definition) is 5. The summed E-state index contributed by atoms with van der Waals surface area (Å²) in [6, 6.07) is 15.3. The first-order valence-electron chi connectivity index (χ1n) is 8.22. The van der Waals surface area contributed by atoms with E-state index in [1.807, 2.05) is 31.3 Å². The molecule has 4 rings (SSSR count). The van der Waals surface area contributed by atoms with E-state index in [1.165, 1.54) is 7.11 Å². The highest BCUT2D eigenvalue weighted by atomic mass is 16.5. The summed E-state index contributed by atoms with van der Waals surface area (Å²) in [5, 5.41) is 18.4. The van der Waals surface area contributed by atoms with Crippen LogP contribution in [0.4, 0.5) is 0 Å². The van der Waals surface area contributed by atoms with Crippen molar-refractivity contribution in [2.75, 3.05) is 7.11 Å². The van der Waals surface area contributed by atoms with Crippen LogP contribution in [-0.2, 0) is 0 Å². The van der Waals surface area contributed by atoms with Crippen molar-refractivity contribution < 1.29 is 9.84 Å². The maximum absolute atomic E-state index is 9.67. The molecule has 1 aliphatic rings. The van der Waals surface area contributed by atoms with E-state index >= 15 is 0 Å². The lowest BCUT2D eigenvalue weighted by molar-refractivity contribution is 0.373. The number of pyridine rings is 1. The van der Waals surface area contributed by atoms with Gasteiger partial charge in [0.05, 0.1) is 13.3 Å². The van der Waals surface area contributed by atoms with E-state index in [-0.39, 0.29) is 5.75 Å². The summed E-state index contributed by atoms with van der Waals surface area (Å²) in [4.78, 5) is 4.41. The molecule has 1 N–H and O–H groups in total. The van der Waals surface area contributed by atoms with Crippen LogP contribution in [0, 0.1) is 6.92 Å². The Bertz CT molecular complexity index is 1050. The van der Waals surface area contributed by atoms with Crippen molar-refractivity contribution in [3.8, 4) is 22.6 Å². The number of benzene rings is 2. The predicted octanol–water partition coefficient (Wildman–Crippen LogP) is 3.96. The number of aryl methyl sites for hydroxylation is 1. The van der Waals surface area contributed by atoms with Crippen molar-refractivity contribution in [3.05, 3.63) is 77.1 Å². The minimum Gasteiger partial charge on any atom is -0.504 e. The summed E-state index contributed by atoms with van der Waals surface area (Å²) in [6.07, 6.45) is 3.49. The Hall–Kier alpha value is -3.47. The molecule has 5 nitrogen and oxygen atoms in total. The van der Waals surface area contributed by atoms with Crippen molar-refractivity contribution in [1.29, 1.82) is 0 Å². The first-order chi connectivity index (χ1) is 12.7. The number of methoxy groups -OCH3 is 1. The summed E-state index contributed by atoms with van der Waals surface area (Å²) in [5.41, 5.74) is 6.89. The summed E-state index contributed by atoms with van der Waals surface area (Å²) in [5.74, 6) is 0.494. The van der Waals surface area contributed by atoms with Gasteiger partial charge in [0.2, 0.25) is 0 Å². The first kappa shape index (κ1) is 16.0. The van der Waals surface area contributed by atoms with Crippen LogP contribution >= 0.6 is 0 Å². The Balaban J connectivity index is 1.74. The fourth-order valence-corrected chi connectivity index (χ4v) is 3.08. The smallest absolute Gasteiger partial charge is 0.161 e. The van der Waals surface area contributed by atoms with Crippen LogP contribution in [0.3, 0.4) is 0 Å². The van der Waals surface area contributed by atoms with E-state index in [4.69, 9.17) is 4.74 Å². The van der Waals surface area contributed by atoms with E-state index in [9.17, 15) is 5.11 Å². The molecule has 1 aliphatic carbocycles. The minimum atomic E-state index is 0.0936. The zero-order valence-electron chi connectivity index (χ0n) is 14.5. The fourth-order valence-electron chi connectivity index (χ4n) is 3.08. The summed E-state index contributed by atoms with van der Waals surface area (Å²) < 4.78 is 5.11. The largest absolute Gasteiger partial charge is 0.504 e. The zero-order chi connectivity index (χ0) is 18.1. The van der Waals surface area contributed by atoms with Crippen molar-refractivity contribution >= 4 is 11.9 Å². The molecule has 128 valence electrons. The fraction of sp³-hybridized carbons (Fsp3) is 0.0952. The van der Waals surface area contributed by atoms with E-state index in [1.54, 1.807) is 24.4 Å². The molecule has 0 unspecified atom stereocenters. The third kappa shape index (κ3) is 2.73. The van der Waals surface area contributed by atoms with E-state index in [0.29, 0.717) is 5.75 Å². The standard InChI is InChI=1S/C21H17N3O2/c1-13-9-17-15-5-3-4-6-16(15)21(18(17)12-22-13)24-23-11-14-7-8-19(25)20(10-14)26-2/h3-12,25H,1-2H3. The molecule has 1 heterocycles. The third-order valence-corrected chi connectivity index (χ3v) is 4.34. The lowest BCUT2D eigenvalue weighted by Gasteiger charge is -2.03. The topological polar surface area (TPSA) is 67.1 Å². The van der Waals surface area contributed by atoms with Crippen molar-refractivity contribution in [1.82, 2.24) is 4.98 Å². The Morgan fingerprint density at radius 1 is 1.00 bits per heavy atom. The summed E-state index contributed by atoms with van der Waals surface area (Å²) in [7, 11) is 1.51. The second-order valence-corrected chi connectivity index (χ2v) is 6.04. The van der Waals surface area contributed by atoms with E-state index in [2.05, 4.69) is 27.3 Å². The van der Waals surface area contributed by atoms with Crippen LogP contribution in [0.2, 0.25) is 0 Å². The summed E-state index contributed by atoms with van der Waals surface area (Å²) in [6.45, 7) is 1.98. The van der Waals surface area contributed by atoms with Gasteiger partial charge in [-0.1, -0.05) is 24.3 Å². The van der Waals surface area contributed by atoms with Crippen LogP contribution in [0.1, 0.15) is 22.4 Å². The molecule has 0 atom stereocenters. The molecule has 5 heteroatoms. The highest BCUT2D eigenvalue weighted by molar-refractivity contribution is 6.24. The maximum Gasteiger partial charge on any atom is 0.161 e. The van der Waals surface area contributed by atoms with Crippen molar-refractivity contribution in [2.24, 2.45) is 10.2 Å². The average Bonchev–Trinajstić information content (AvgIpc) is 2.96.